The predicted octanol–water partition coefficient (Wildman–Crippen LogP) is 4.40. The van der Waals surface area contributed by atoms with Gasteiger partial charge in [-0.3, -0.25) is 4.98 Å². The maximum absolute atomic E-state index is 5.72. The molecule has 2 aromatic rings. The van der Waals surface area contributed by atoms with Crippen molar-refractivity contribution in [2.24, 2.45) is 0 Å². The summed E-state index contributed by atoms with van der Waals surface area (Å²) in [6, 6.07) is 9.23. The molecule has 5 nitrogen and oxygen atoms in total. The summed E-state index contributed by atoms with van der Waals surface area (Å²) in [4.78, 5) is 6.93. The smallest absolute Gasteiger partial charge is 0.170 e. The molecule has 2 unspecified atom stereocenters. The Labute approximate surface area is 173 Å². The summed E-state index contributed by atoms with van der Waals surface area (Å²) in [5, 5.41) is 4.34. The molecule has 1 aliphatic carbocycles. The van der Waals surface area contributed by atoms with Gasteiger partial charge >= 0.3 is 0 Å². The van der Waals surface area contributed by atoms with Gasteiger partial charge in [0.25, 0.3) is 0 Å². The van der Waals surface area contributed by atoms with Gasteiger partial charge in [-0.15, -0.1) is 0 Å². The van der Waals surface area contributed by atoms with Gasteiger partial charge in [-0.05, 0) is 55.2 Å². The first-order valence-corrected chi connectivity index (χ1v) is 10.8. The minimum Gasteiger partial charge on any atom is -0.385 e. The zero-order valence-electron chi connectivity index (χ0n) is 16.6. The van der Waals surface area contributed by atoms with Crippen molar-refractivity contribution in [1.29, 1.82) is 0 Å². The highest BCUT2D eigenvalue weighted by Gasteiger charge is 2.39. The molecule has 2 fully saturated rings. The first-order chi connectivity index (χ1) is 13.8. The Hall–Kier alpha value is -1.92. The fourth-order valence-electron chi connectivity index (χ4n) is 4.60. The molecule has 4 rings (SSSR count). The van der Waals surface area contributed by atoms with Crippen molar-refractivity contribution in [1.82, 2.24) is 19.8 Å². The van der Waals surface area contributed by atoms with Crippen molar-refractivity contribution < 1.29 is 4.74 Å². The molecule has 0 spiro atoms. The number of aromatic nitrogens is 2. The molecular weight excluding hydrogens is 368 g/mol. The van der Waals surface area contributed by atoms with E-state index in [1.54, 1.807) is 7.11 Å². The third kappa shape index (κ3) is 4.08. The molecule has 1 saturated heterocycles. The first kappa shape index (κ1) is 19.4. The zero-order valence-corrected chi connectivity index (χ0v) is 17.4. The average molecular weight is 399 g/mol. The normalized spacial score (nSPS) is 23.2. The van der Waals surface area contributed by atoms with Crippen molar-refractivity contribution in [2.45, 2.75) is 56.7 Å². The van der Waals surface area contributed by atoms with Crippen molar-refractivity contribution in [3.63, 3.8) is 0 Å². The van der Waals surface area contributed by atoms with E-state index >= 15 is 0 Å². The Bertz CT molecular complexity index is 772. The molecule has 150 valence electrons. The number of rotatable bonds is 7. The van der Waals surface area contributed by atoms with E-state index in [2.05, 4.69) is 44.3 Å². The van der Waals surface area contributed by atoms with E-state index < -0.39 is 0 Å². The van der Waals surface area contributed by atoms with Crippen molar-refractivity contribution in [3.05, 3.63) is 54.1 Å². The van der Waals surface area contributed by atoms with E-state index in [1.165, 1.54) is 37.7 Å². The fourth-order valence-corrected chi connectivity index (χ4v) is 4.93. The number of nitrogens with one attached hydrogen (secondary N) is 1. The predicted molar refractivity (Wildman–Crippen MR) is 115 cm³/mol. The molecule has 1 saturated carbocycles. The van der Waals surface area contributed by atoms with Gasteiger partial charge in [0.15, 0.2) is 5.11 Å². The second-order valence-electron chi connectivity index (χ2n) is 7.85. The third-order valence-corrected chi connectivity index (χ3v) is 6.37. The lowest BCUT2D eigenvalue weighted by Gasteiger charge is -2.27. The number of ether oxygens (including phenoxy) is 1. The van der Waals surface area contributed by atoms with E-state index in [1.807, 2.05) is 18.3 Å². The highest BCUT2D eigenvalue weighted by Crippen LogP contribution is 2.39. The zero-order chi connectivity index (χ0) is 19.3. The molecule has 2 aromatic heterocycles. The number of methoxy groups -OCH3 is 1. The van der Waals surface area contributed by atoms with Crippen molar-refractivity contribution in [3.8, 4) is 0 Å². The number of thiocarbonyl (C=S) groups is 1. The number of hydrogen-bond acceptors (Lipinski definition) is 3. The van der Waals surface area contributed by atoms with E-state index in [0.717, 1.165) is 30.4 Å². The van der Waals surface area contributed by atoms with Crippen LogP contribution in [0.5, 0.6) is 0 Å². The number of nitrogens with zero attached hydrogens (tertiary/aromatic N) is 3. The van der Waals surface area contributed by atoms with E-state index in [0.29, 0.717) is 6.04 Å². The van der Waals surface area contributed by atoms with Crippen LogP contribution in [-0.2, 0) is 4.74 Å². The molecule has 2 atom stereocenters. The lowest BCUT2D eigenvalue weighted by Crippen LogP contribution is -2.31. The Morgan fingerprint density at radius 2 is 2.07 bits per heavy atom. The molecule has 6 heteroatoms. The van der Waals surface area contributed by atoms with Crippen LogP contribution in [0.15, 0.2) is 42.9 Å². The summed E-state index contributed by atoms with van der Waals surface area (Å²) in [7, 11) is 1.75. The fraction of sp³-hybridized carbons (Fsp3) is 0.545. The summed E-state index contributed by atoms with van der Waals surface area (Å²) < 4.78 is 7.70. The minimum absolute atomic E-state index is 0.0680. The molecule has 1 aliphatic heterocycles. The lowest BCUT2D eigenvalue weighted by atomic mass is 9.95. The van der Waals surface area contributed by atoms with Crippen LogP contribution in [0, 0.1) is 0 Å². The van der Waals surface area contributed by atoms with Crippen LogP contribution in [0.4, 0.5) is 0 Å². The SMILES string of the molecule is COCCCN1C(=S)NC(c2ccccn2)C1c1ccn(C2CCCCC2)c1. The standard InChI is InChI=1S/C22H30N4OS/c1-27-15-7-13-26-21(20(24-22(26)28)19-10-5-6-12-23-19)17-11-14-25(16-17)18-8-3-2-4-9-18/h5-6,10-12,14,16,18,20-21H,2-4,7-9,13,15H2,1H3,(H,24,28). The van der Waals surface area contributed by atoms with Gasteiger partial charge in [0.2, 0.25) is 0 Å². The van der Waals surface area contributed by atoms with Crippen LogP contribution in [0.2, 0.25) is 0 Å². The minimum atomic E-state index is 0.0680. The maximum Gasteiger partial charge on any atom is 0.170 e. The summed E-state index contributed by atoms with van der Waals surface area (Å²) in [6.07, 6.45) is 14.0. The molecule has 0 bridgehead atoms. The van der Waals surface area contributed by atoms with Gasteiger partial charge in [-0.2, -0.15) is 0 Å². The van der Waals surface area contributed by atoms with Crippen molar-refractivity contribution >= 4 is 17.3 Å². The molecule has 3 heterocycles. The van der Waals surface area contributed by atoms with Crippen LogP contribution in [0.3, 0.4) is 0 Å². The van der Waals surface area contributed by atoms with Gasteiger partial charge in [0.1, 0.15) is 0 Å². The first-order valence-electron chi connectivity index (χ1n) is 10.4. The highest BCUT2D eigenvalue weighted by molar-refractivity contribution is 7.80. The van der Waals surface area contributed by atoms with Gasteiger partial charge in [-0.1, -0.05) is 25.3 Å². The molecule has 0 amide bonds. The Balaban J connectivity index is 1.61. The Morgan fingerprint density at radius 1 is 1.21 bits per heavy atom. The average Bonchev–Trinajstić information content (AvgIpc) is 3.35. The van der Waals surface area contributed by atoms with Gasteiger partial charge in [0.05, 0.1) is 17.8 Å². The van der Waals surface area contributed by atoms with Crippen LogP contribution in [-0.4, -0.2) is 39.8 Å². The summed E-state index contributed by atoms with van der Waals surface area (Å²) >= 11 is 5.72. The van der Waals surface area contributed by atoms with Crippen LogP contribution < -0.4 is 5.32 Å². The molecular formula is C22H30N4OS. The van der Waals surface area contributed by atoms with Gasteiger partial charge in [-0.25, -0.2) is 0 Å². The topological polar surface area (TPSA) is 42.3 Å². The molecule has 1 N–H and O–H groups in total. The molecule has 0 aromatic carbocycles. The Morgan fingerprint density at radius 3 is 2.82 bits per heavy atom. The van der Waals surface area contributed by atoms with Gasteiger partial charge in [0, 0.05) is 44.9 Å². The maximum atomic E-state index is 5.72. The van der Waals surface area contributed by atoms with Crippen LogP contribution >= 0.6 is 12.2 Å². The second kappa shape index (κ2) is 9.05. The van der Waals surface area contributed by atoms with E-state index in [4.69, 9.17) is 17.0 Å². The number of hydrogen-bond donors (Lipinski definition) is 1. The summed E-state index contributed by atoms with van der Waals surface area (Å²) in [6.45, 7) is 1.62. The van der Waals surface area contributed by atoms with Crippen molar-refractivity contribution in [2.75, 3.05) is 20.3 Å². The number of pyridine rings is 1. The summed E-state index contributed by atoms with van der Waals surface area (Å²) in [5.74, 6) is 0. The van der Waals surface area contributed by atoms with Crippen LogP contribution in [0.1, 0.15) is 67.9 Å². The van der Waals surface area contributed by atoms with Crippen LogP contribution in [0.25, 0.3) is 0 Å². The summed E-state index contributed by atoms with van der Waals surface area (Å²) in [5.41, 5.74) is 2.35. The molecule has 28 heavy (non-hydrogen) atoms. The largest absolute Gasteiger partial charge is 0.385 e. The van der Waals surface area contributed by atoms with E-state index in [-0.39, 0.29) is 12.1 Å². The second-order valence-corrected chi connectivity index (χ2v) is 8.24. The third-order valence-electron chi connectivity index (χ3n) is 6.02. The lowest BCUT2D eigenvalue weighted by molar-refractivity contribution is 0.180. The van der Waals surface area contributed by atoms with E-state index in [9.17, 15) is 0 Å². The Kier molecular flexibility index (Phi) is 6.27. The highest BCUT2D eigenvalue weighted by atomic mass is 32.1. The molecule has 0 radical (unpaired) electrons. The quantitative estimate of drug-likeness (QED) is 0.553. The van der Waals surface area contributed by atoms with Gasteiger partial charge < -0.3 is 19.5 Å². The monoisotopic (exact) mass is 398 g/mol. The molecule has 2 aliphatic rings.